The summed E-state index contributed by atoms with van der Waals surface area (Å²) in [6.45, 7) is 1.01. The number of H-pyrrole nitrogens is 1. The number of amides is 1. The smallest absolute Gasteiger partial charge is 0.238 e. The van der Waals surface area contributed by atoms with Crippen LogP contribution in [-0.2, 0) is 11.2 Å². The number of carbonyl (C=O) groups excluding carboxylic acids is 1. The van der Waals surface area contributed by atoms with Gasteiger partial charge in [0.05, 0.1) is 32.1 Å². The summed E-state index contributed by atoms with van der Waals surface area (Å²) in [6, 6.07) is 13.5. The molecule has 31 heavy (non-hydrogen) atoms. The van der Waals surface area contributed by atoms with Crippen molar-refractivity contribution in [1.82, 2.24) is 15.1 Å². The fraction of sp³-hybridized carbons (Fsp3) is 0.304. The van der Waals surface area contributed by atoms with Crippen LogP contribution >= 0.6 is 0 Å². The number of aryl methyl sites for hydroxylation is 1. The van der Waals surface area contributed by atoms with E-state index in [4.69, 9.17) is 9.47 Å². The number of methoxy groups -OCH3 is 2. The number of rotatable bonds is 10. The molecule has 0 saturated carbocycles. The molecule has 2 aromatic carbocycles. The van der Waals surface area contributed by atoms with Gasteiger partial charge in [0.25, 0.3) is 0 Å². The highest BCUT2D eigenvalue weighted by Gasteiger charge is 2.11. The number of likely N-dealkylation sites (N-methyl/N-ethyl adjacent to an activating group) is 1. The monoisotopic (exact) mass is 426 g/mol. The lowest BCUT2D eigenvalue weighted by atomic mass is 10.1. The van der Waals surface area contributed by atoms with Crippen LogP contribution in [0.3, 0.4) is 0 Å². The SMILES string of the molecule is COc1ccc(NC(=O)CN(C)CCCc2cc(-c3ccc(F)cc3)n[nH]2)c(OC)c1. The molecule has 7 nitrogen and oxygen atoms in total. The van der Waals surface area contributed by atoms with Crippen LogP contribution in [0.15, 0.2) is 48.5 Å². The lowest BCUT2D eigenvalue weighted by Gasteiger charge is -2.17. The van der Waals surface area contributed by atoms with Crippen molar-refractivity contribution in [2.24, 2.45) is 0 Å². The predicted octanol–water partition coefficient (Wildman–Crippen LogP) is 3.74. The molecular weight excluding hydrogens is 399 g/mol. The second kappa shape index (κ2) is 10.6. The summed E-state index contributed by atoms with van der Waals surface area (Å²) in [6.07, 6.45) is 1.66. The molecule has 1 amide bonds. The summed E-state index contributed by atoms with van der Waals surface area (Å²) < 4.78 is 23.5. The third-order valence-electron chi connectivity index (χ3n) is 4.85. The van der Waals surface area contributed by atoms with Gasteiger partial charge in [-0.05, 0) is 68.9 Å². The fourth-order valence-electron chi connectivity index (χ4n) is 3.21. The zero-order chi connectivity index (χ0) is 22.2. The standard InChI is InChI=1S/C23H27FN4O3/c1-28(15-23(29)25-20-11-10-19(30-2)14-22(20)31-3)12-4-5-18-13-21(27-26-18)16-6-8-17(24)9-7-16/h6-11,13-14H,4-5,12,15H2,1-3H3,(H,25,29)(H,26,27). The van der Waals surface area contributed by atoms with Gasteiger partial charge in [-0.25, -0.2) is 4.39 Å². The number of benzene rings is 2. The van der Waals surface area contributed by atoms with Crippen molar-refractivity contribution in [2.45, 2.75) is 12.8 Å². The molecule has 0 atom stereocenters. The Bertz CT molecular complexity index is 1000. The lowest BCUT2D eigenvalue weighted by Crippen LogP contribution is -2.31. The van der Waals surface area contributed by atoms with Crippen molar-refractivity contribution in [1.29, 1.82) is 0 Å². The Labute approximate surface area is 181 Å². The number of ether oxygens (including phenoxy) is 2. The molecule has 0 bridgehead atoms. The first kappa shape index (κ1) is 22.3. The van der Waals surface area contributed by atoms with E-state index in [1.807, 2.05) is 18.0 Å². The average Bonchev–Trinajstić information content (AvgIpc) is 3.23. The van der Waals surface area contributed by atoms with Gasteiger partial charge in [-0.3, -0.25) is 14.8 Å². The maximum absolute atomic E-state index is 13.1. The average molecular weight is 426 g/mol. The van der Waals surface area contributed by atoms with Gasteiger partial charge in [-0.1, -0.05) is 0 Å². The molecule has 3 aromatic rings. The number of nitrogens with one attached hydrogen (secondary N) is 2. The minimum absolute atomic E-state index is 0.119. The number of carbonyl (C=O) groups is 1. The Hall–Kier alpha value is -3.39. The molecule has 1 heterocycles. The summed E-state index contributed by atoms with van der Waals surface area (Å²) in [5, 5.41) is 10.2. The molecule has 8 heteroatoms. The Morgan fingerprint density at radius 1 is 1.13 bits per heavy atom. The molecule has 0 aliphatic rings. The first-order chi connectivity index (χ1) is 15.0. The summed E-state index contributed by atoms with van der Waals surface area (Å²) >= 11 is 0. The molecule has 0 aliphatic heterocycles. The van der Waals surface area contributed by atoms with E-state index in [-0.39, 0.29) is 18.3 Å². The second-order valence-corrected chi connectivity index (χ2v) is 7.24. The van der Waals surface area contributed by atoms with E-state index in [9.17, 15) is 9.18 Å². The summed E-state index contributed by atoms with van der Waals surface area (Å²) in [4.78, 5) is 14.3. The molecule has 1 aromatic heterocycles. The first-order valence-electron chi connectivity index (χ1n) is 9.99. The molecular formula is C23H27FN4O3. The van der Waals surface area contributed by atoms with Crippen LogP contribution in [0, 0.1) is 5.82 Å². The number of hydrogen-bond acceptors (Lipinski definition) is 5. The molecule has 0 saturated heterocycles. The highest BCUT2D eigenvalue weighted by Crippen LogP contribution is 2.29. The van der Waals surface area contributed by atoms with Gasteiger partial charge in [0, 0.05) is 17.3 Å². The van der Waals surface area contributed by atoms with Gasteiger partial charge in [0.2, 0.25) is 5.91 Å². The molecule has 0 fully saturated rings. The normalized spacial score (nSPS) is 10.9. The molecule has 0 radical (unpaired) electrons. The minimum atomic E-state index is -0.267. The molecule has 2 N–H and O–H groups in total. The van der Waals surface area contributed by atoms with Crippen LogP contribution in [0.4, 0.5) is 10.1 Å². The summed E-state index contributed by atoms with van der Waals surface area (Å²) in [5.41, 5.74) is 3.26. The van der Waals surface area contributed by atoms with Crippen LogP contribution in [0.1, 0.15) is 12.1 Å². The third-order valence-corrected chi connectivity index (χ3v) is 4.85. The number of anilines is 1. The van der Waals surface area contributed by atoms with Crippen LogP contribution < -0.4 is 14.8 Å². The van der Waals surface area contributed by atoms with E-state index >= 15 is 0 Å². The largest absolute Gasteiger partial charge is 0.497 e. The van der Waals surface area contributed by atoms with Crippen LogP contribution in [0.2, 0.25) is 0 Å². The van der Waals surface area contributed by atoms with E-state index in [0.29, 0.717) is 17.2 Å². The van der Waals surface area contributed by atoms with E-state index in [0.717, 1.165) is 36.3 Å². The van der Waals surface area contributed by atoms with Crippen molar-refractivity contribution in [3.63, 3.8) is 0 Å². The van der Waals surface area contributed by atoms with Gasteiger partial charge < -0.3 is 14.8 Å². The maximum Gasteiger partial charge on any atom is 0.238 e. The van der Waals surface area contributed by atoms with Gasteiger partial charge in [-0.15, -0.1) is 0 Å². The first-order valence-corrected chi connectivity index (χ1v) is 9.99. The number of aromatic amines is 1. The van der Waals surface area contributed by atoms with Crippen molar-refractivity contribution >= 4 is 11.6 Å². The highest BCUT2D eigenvalue weighted by molar-refractivity contribution is 5.93. The number of nitrogens with zero attached hydrogens (tertiary/aromatic N) is 2. The predicted molar refractivity (Wildman–Crippen MR) is 118 cm³/mol. The van der Waals surface area contributed by atoms with Crippen molar-refractivity contribution in [3.05, 3.63) is 60.0 Å². The fourth-order valence-corrected chi connectivity index (χ4v) is 3.21. The molecule has 0 unspecified atom stereocenters. The lowest BCUT2D eigenvalue weighted by molar-refractivity contribution is -0.117. The summed E-state index contributed by atoms with van der Waals surface area (Å²) in [7, 11) is 5.03. The van der Waals surface area contributed by atoms with Crippen LogP contribution in [-0.4, -0.2) is 55.4 Å². The Balaban J connectivity index is 1.44. The molecule has 0 aliphatic carbocycles. The van der Waals surface area contributed by atoms with Crippen LogP contribution in [0.5, 0.6) is 11.5 Å². The third kappa shape index (κ3) is 6.29. The van der Waals surface area contributed by atoms with E-state index < -0.39 is 0 Å². The molecule has 0 spiro atoms. The number of aromatic nitrogens is 2. The molecule has 3 rings (SSSR count). The highest BCUT2D eigenvalue weighted by atomic mass is 19.1. The van der Waals surface area contributed by atoms with Crippen molar-refractivity contribution in [2.75, 3.05) is 39.7 Å². The Morgan fingerprint density at radius 3 is 2.61 bits per heavy atom. The minimum Gasteiger partial charge on any atom is -0.497 e. The van der Waals surface area contributed by atoms with Gasteiger partial charge in [-0.2, -0.15) is 5.10 Å². The van der Waals surface area contributed by atoms with Crippen molar-refractivity contribution < 1.29 is 18.7 Å². The quantitative estimate of drug-likeness (QED) is 0.516. The zero-order valence-corrected chi connectivity index (χ0v) is 17.9. The van der Waals surface area contributed by atoms with Crippen molar-refractivity contribution in [3.8, 4) is 22.8 Å². The van der Waals surface area contributed by atoms with Gasteiger partial charge >= 0.3 is 0 Å². The van der Waals surface area contributed by atoms with Gasteiger partial charge in [0.15, 0.2) is 0 Å². The molecule has 164 valence electrons. The second-order valence-electron chi connectivity index (χ2n) is 7.24. The van der Waals surface area contributed by atoms with Crippen LogP contribution in [0.25, 0.3) is 11.3 Å². The van der Waals surface area contributed by atoms with Gasteiger partial charge in [0.1, 0.15) is 17.3 Å². The number of hydrogen-bond donors (Lipinski definition) is 2. The maximum atomic E-state index is 13.1. The summed E-state index contributed by atoms with van der Waals surface area (Å²) in [5.74, 6) is 0.822. The zero-order valence-electron chi connectivity index (χ0n) is 17.9. The number of halogens is 1. The topological polar surface area (TPSA) is 79.5 Å². The van der Waals surface area contributed by atoms with E-state index in [1.165, 1.54) is 12.1 Å². The van der Waals surface area contributed by atoms with E-state index in [1.54, 1.807) is 44.6 Å². The van der Waals surface area contributed by atoms with E-state index in [2.05, 4.69) is 15.5 Å². The Kier molecular flexibility index (Phi) is 7.61. The Morgan fingerprint density at radius 2 is 1.90 bits per heavy atom.